The largest absolute Gasteiger partial charge is 0.340 e. The van der Waals surface area contributed by atoms with Crippen molar-refractivity contribution in [2.45, 2.75) is 13.5 Å². The lowest BCUT2D eigenvalue weighted by molar-refractivity contribution is -0.384. The van der Waals surface area contributed by atoms with Crippen molar-refractivity contribution in [1.29, 1.82) is 5.26 Å². The SMILES string of the molecule is Cc1c(/C=C(\C#N)C(=O)c2ccccc2)c2ccccc2n1Cc1ccc([N+](=O)[O-])cc1. The second-order valence-electron chi connectivity index (χ2n) is 7.39. The lowest BCUT2D eigenvalue weighted by atomic mass is 10.0. The van der Waals surface area contributed by atoms with E-state index in [1.54, 1.807) is 42.5 Å². The molecule has 0 radical (unpaired) electrons. The van der Waals surface area contributed by atoms with Crippen LogP contribution >= 0.6 is 0 Å². The van der Waals surface area contributed by atoms with E-state index >= 15 is 0 Å². The third-order valence-electron chi connectivity index (χ3n) is 5.46. The fourth-order valence-corrected chi connectivity index (χ4v) is 3.79. The Morgan fingerprint density at radius 2 is 1.69 bits per heavy atom. The highest BCUT2D eigenvalue weighted by molar-refractivity contribution is 6.15. The number of hydrogen-bond donors (Lipinski definition) is 0. The number of ketones is 1. The molecule has 0 aliphatic rings. The molecule has 0 aliphatic heterocycles. The van der Waals surface area contributed by atoms with Gasteiger partial charge < -0.3 is 4.57 Å². The third kappa shape index (κ3) is 3.92. The number of allylic oxidation sites excluding steroid dienone is 1. The van der Waals surface area contributed by atoms with E-state index in [2.05, 4.69) is 10.6 Å². The summed E-state index contributed by atoms with van der Waals surface area (Å²) in [6.07, 6.45) is 1.65. The van der Waals surface area contributed by atoms with E-state index in [9.17, 15) is 20.2 Å². The summed E-state index contributed by atoms with van der Waals surface area (Å²) in [6.45, 7) is 2.45. The maximum Gasteiger partial charge on any atom is 0.269 e. The highest BCUT2D eigenvalue weighted by atomic mass is 16.6. The smallest absolute Gasteiger partial charge is 0.269 e. The molecule has 4 rings (SSSR count). The van der Waals surface area contributed by atoms with Crippen LogP contribution < -0.4 is 0 Å². The molecule has 0 saturated heterocycles. The molecule has 0 fully saturated rings. The Morgan fingerprint density at radius 1 is 1.03 bits per heavy atom. The van der Waals surface area contributed by atoms with E-state index in [4.69, 9.17) is 0 Å². The Hall–Kier alpha value is -4.50. The second-order valence-corrected chi connectivity index (χ2v) is 7.39. The van der Waals surface area contributed by atoms with Crippen molar-refractivity contribution in [3.8, 4) is 6.07 Å². The molecule has 0 aliphatic carbocycles. The normalized spacial score (nSPS) is 11.3. The molecule has 156 valence electrons. The molecule has 6 heteroatoms. The van der Waals surface area contributed by atoms with Crippen molar-refractivity contribution >= 4 is 28.4 Å². The first-order valence-corrected chi connectivity index (χ1v) is 10.0. The molecule has 4 aromatic rings. The van der Waals surface area contributed by atoms with Crippen LogP contribution in [-0.2, 0) is 6.54 Å². The Labute approximate surface area is 184 Å². The maximum absolute atomic E-state index is 12.9. The van der Waals surface area contributed by atoms with Crippen LogP contribution in [0.25, 0.3) is 17.0 Å². The predicted molar refractivity (Wildman–Crippen MR) is 123 cm³/mol. The van der Waals surface area contributed by atoms with Crippen LogP contribution in [0, 0.1) is 28.4 Å². The third-order valence-corrected chi connectivity index (χ3v) is 5.46. The Morgan fingerprint density at radius 3 is 2.34 bits per heavy atom. The number of nitro benzene ring substituents is 1. The van der Waals surface area contributed by atoms with Crippen LogP contribution in [-0.4, -0.2) is 15.3 Å². The zero-order chi connectivity index (χ0) is 22.7. The number of nitrogens with zero attached hydrogens (tertiary/aromatic N) is 3. The van der Waals surface area contributed by atoms with Crippen molar-refractivity contribution < 1.29 is 9.72 Å². The summed E-state index contributed by atoms with van der Waals surface area (Å²) in [6, 6.07) is 25.0. The number of hydrogen-bond acceptors (Lipinski definition) is 4. The standard InChI is InChI=1S/C26H19N3O3/c1-18-24(15-21(16-27)26(30)20-7-3-2-4-8-20)23-9-5-6-10-25(23)28(18)17-19-11-13-22(14-12-19)29(31)32/h2-15H,17H2,1H3/b21-15+. The number of non-ortho nitro benzene ring substituents is 1. The highest BCUT2D eigenvalue weighted by Gasteiger charge is 2.17. The zero-order valence-corrected chi connectivity index (χ0v) is 17.4. The highest BCUT2D eigenvalue weighted by Crippen LogP contribution is 2.29. The number of carbonyl (C=O) groups excluding carboxylic acids is 1. The summed E-state index contributed by atoms with van der Waals surface area (Å²) in [5.41, 5.74) is 4.16. The van der Waals surface area contributed by atoms with Crippen molar-refractivity contribution in [2.75, 3.05) is 0 Å². The molecular weight excluding hydrogens is 402 g/mol. The molecule has 6 nitrogen and oxygen atoms in total. The predicted octanol–water partition coefficient (Wildman–Crippen LogP) is 5.70. The lowest BCUT2D eigenvalue weighted by Gasteiger charge is -2.09. The average molecular weight is 421 g/mol. The minimum absolute atomic E-state index is 0.0459. The number of aromatic nitrogens is 1. The van der Waals surface area contributed by atoms with Gasteiger partial charge in [-0.05, 0) is 24.6 Å². The minimum Gasteiger partial charge on any atom is -0.340 e. The molecule has 32 heavy (non-hydrogen) atoms. The second kappa shape index (κ2) is 8.70. The number of fused-ring (bicyclic) bond motifs is 1. The van der Waals surface area contributed by atoms with E-state index in [1.165, 1.54) is 12.1 Å². The van der Waals surface area contributed by atoms with Gasteiger partial charge in [-0.1, -0.05) is 60.7 Å². The molecule has 0 spiro atoms. The van der Waals surface area contributed by atoms with Crippen molar-refractivity contribution in [2.24, 2.45) is 0 Å². The lowest BCUT2D eigenvalue weighted by Crippen LogP contribution is -2.03. The topological polar surface area (TPSA) is 88.9 Å². The molecule has 3 aromatic carbocycles. The van der Waals surface area contributed by atoms with Gasteiger partial charge in [-0.25, -0.2) is 0 Å². The van der Waals surface area contributed by atoms with Crippen molar-refractivity contribution in [1.82, 2.24) is 4.57 Å². The van der Waals surface area contributed by atoms with Gasteiger partial charge in [0.15, 0.2) is 0 Å². The van der Waals surface area contributed by atoms with E-state index < -0.39 is 4.92 Å². The number of nitro groups is 1. The number of nitriles is 1. The van der Waals surface area contributed by atoms with Crippen LogP contribution in [0.2, 0.25) is 0 Å². The van der Waals surface area contributed by atoms with Gasteiger partial charge >= 0.3 is 0 Å². The number of benzene rings is 3. The summed E-state index contributed by atoms with van der Waals surface area (Å²) < 4.78 is 2.09. The minimum atomic E-state index is -0.420. The van der Waals surface area contributed by atoms with Crippen LogP contribution in [0.3, 0.4) is 0 Å². The van der Waals surface area contributed by atoms with Gasteiger partial charge in [0, 0.05) is 46.4 Å². The molecule has 0 atom stereocenters. The van der Waals surface area contributed by atoms with Crippen molar-refractivity contribution in [3.63, 3.8) is 0 Å². The Bertz CT molecular complexity index is 1390. The molecule has 0 N–H and O–H groups in total. The summed E-state index contributed by atoms with van der Waals surface area (Å²) in [5.74, 6) is -0.320. The number of rotatable bonds is 6. The summed E-state index contributed by atoms with van der Waals surface area (Å²) in [7, 11) is 0. The number of para-hydroxylation sites is 1. The van der Waals surface area contributed by atoms with E-state index in [0.717, 1.165) is 27.7 Å². The van der Waals surface area contributed by atoms with Gasteiger partial charge in [0.05, 0.1) is 4.92 Å². The van der Waals surface area contributed by atoms with E-state index in [1.807, 2.05) is 37.3 Å². The quantitative estimate of drug-likeness (QED) is 0.131. The Kier molecular flexibility index (Phi) is 5.65. The molecule has 0 bridgehead atoms. The first-order chi connectivity index (χ1) is 15.5. The van der Waals surface area contributed by atoms with Gasteiger partial charge in [-0.15, -0.1) is 0 Å². The summed E-state index contributed by atoms with van der Waals surface area (Å²) >= 11 is 0. The van der Waals surface area contributed by atoms with Crippen molar-refractivity contribution in [3.05, 3.63) is 117 Å². The van der Waals surface area contributed by atoms with Gasteiger partial charge in [-0.3, -0.25) is 14.9 Å². The monoisotopic (exact) mass is 421 g/mol. The maximum atomic E-state index is 12.9. The Balaban J connectivity index is 1.79. The number of carbonyl (C=O) groups is 1. The molecular formula is C26H19N3O3. The fourth-order valence-electron chi connectivity index (χ4n) is 3.79. The van der Waals surface area contributed by atoms with Crippen LogP contribution in [0.15, 0.2) is 84.4 Å². The molecule has 0 amide bonds. The van der Waals surface area contributed by atoms with Gasteiger partial charge in [0.1, 0.15) is 11.6 Å². The van der Waals surface area contributed by atoms with Gasteiger partial charge in [-0.2, -0.15) is 5.26 Å². The van der Waals surface area contributed by atoms with Crippen LogP contribution in [0.5, 0.6) is 0 Å². The fraction of sp³-hybridized carbons (Fsp3) is 0.0769. The van der Waals surface area contributed by atoms with Gasteiger partial charge in [0.2, 0.25) is 5.78 Å². The summed E-state index contributed by atoms with van der Waals surface area (Å²) in [5, 5.41) is 21.6. The zero-order valence-electron chi connectivity index (χ0n) is 17.4. The number of Topliss-reactive ketones (excluding diaryl/α,β-unsaturated/α-hetero) is 1. The van der Waals surface area contributed by atoms with Crippen LogP contribution in [0.1, 0.15) is 27.2 Å². The van der Waals surface area contributed by atoms with E-state index in [-0.39, 0.29) is 17.0 Å². The average Bonchev–Trinajstić information content (AvgIpc) is 3.08. The molecule has 0 unspecified atom stereocenters. The van der Waals surface area contributed by atoms with E-state index in [0.29, 0.717) is 12.1 Å². The molecule has 0 saturated carbocycles. The van der Waals surface area contributed by atoms with Crippen LogP contribution in [0.4, 0.5) is 5.69 Å². The first kappa shape index (κ1) is 20.8. The molecule has 1 aromatic heterocycles. The first-order valence-electron chi connectivity index (χ1n) is 10.0. The van der Waals surface area contributed by atoms with Gasteiger partial charge in [0.25, 0.3) is 5.69 Å². The molecule has 1 heterocycles. The summed E-state index contributed by atoms with van der Waals surface area (Å²) in [4.78, 5) is 23.4.